The van der Waals surface area contributed by atoms with Gasteiger partial charge in [-0.3, -0.25) is 9.78 Å². The summed E-state index contributed by atoms with van der Waals surface area (Å²) >= 11 is 0. The zero-order valence-electron chi connectivity index (χ0n) is 15.0. The maximum atomic E-state index is 12.6. The summed E-state index contributed by atoms with van der Waals surface area (Å²) in [5.74, 6) is 1.69. The lowest BCUT2D eigenvalue weighted by atomic mass is 9.86. The molecule has 1 aliphatic carbocycles. The topological polar surface area (TPSA) is 49.0 Å². The van der Waals surface area contributed by atoms with E-state index in [0.29, 0.717) is 11.8 Å². The Kier molecular flexibility index (Phi) is 5.04. The van der Waals surface area contributed by atoms with E-state index in [0.717, 1.165) is 55.7 Å². The summed E-state index contributed by atoms with van der Waals surface area (Å²) in [6.45, 7) is 1.79. The minimum absolute atomic E-state index is 0.376. The highest BCUT2D eigenvalue weighted by Crippen LogP contribution is 2.33. The smallest absolute Gasteiger partial charge is 0.222 e. The Morgan fingerprint density at radius 1 is 1.16 bits per heavy atom. The number of likely N-dealkylation sites (tertiary alicyclic amines) is 1. The fourth-order valence-electron chi connectivity index (χ4n) is 4.69. The number of piperidine rings is 1. The Morgan fingerprint density at radius 2 is 1.96 bits per heavy atom. The molecule has 0 aromatic carbocycles. The van der Waals surface area contributed by atoms with E-state index in [-0.39, 0.29) is 0 Å². The van der Waals surface area contributed by atoms with Gasteiger partial charge in [-0.25, -0.2) is 0 Å². The molecule has 0 spiro atoms. The molecule has 1 saturated heterocycles. The van der Waals surface area contributed by atoms with Crippen LogP contribution in [0.1, 0.15) is 69.3 Å². The summed E-state index contributed by atoms with van der Waals surface area (Å²) in [7, 11) is 0. The highest BCUT2D eigenvalue weighted by Gasteiger charge is 2.26. The normalized spacial score (nSPS) is 20.2. The maximum absolute atomic E-state index is 12.6. The minimum atomic E-state index is 0.376. The van der Waals surface area contributed by atoms with Crippen molar-refractivity contribution in [3.05, 3.63) is 30.1 Å². The predicted molar refractivity (Wildman–Crippen MR) is 100 cm³/mol. The molecule has 4 nitrogen and oxygen atoms in total. The molecule has 0 bridgehead atoms. The first kappa shape index (κ1) is 16.6. The number of aromatic amines is 1. The molecular weight excluding hydrogens is 310 g/mol. The number of hydrogen-bond donors (Lipinski definition) is 1. The van der Waals surface area contributed by atoms with Crippen LogP contribution in [0.25, 0.3) is 11.0 Å². The molecular formula is C21H29N3O. The summed E-state index contributed by atoms with van der Waals surface area (Å²) in [5.41, 5.74) is 3.54. The summed E-state index contributed by atoms with van der Waals surface area (Å²) < 4.78 is 0. The quantitative estimate of drug-likeness (QED) is 0.883. The second-order valence-corrected chi connectivity index (χ2v) is 7.84. The molecule has 1 N–H and O–H groups in total. The molecule has 134 valence electrons. The van der Waals surface area contributed by atoms with Gasteiger partial charge in [0, 0.05) is 31.9 Å². The first-order valence-corrected chi connectivity index (χ1v) is 10.0. The zero-order chi connectivity index (χ0) is 17.1. The van der Waals surface area contributed by atoms with Crippen molar-refractivity contribution < 1.29 is 4.79 Å². The van der Waals surface area contributed by atoms with Crippen LogP contribution in [-0.2, 0) is 4.79 Å². The first-order chi connectivity index (χ1) is 12.3. The van der Waals surface area contributed by atoms with Crippen LogP contribution in [0.15, 0.2) is 24.5 Å². The van der Waals surface area contributed by atoms with Crippen LogP contribution in [-0.4, -0.2) is 33.9 Å². The molecule has 1 amide bonds. The number of nitrogens with zero attached hydrogens (tertiary/aromatic N) is 2. The Bertz CT molecular complexity index is 709. The summed E-state index contributed by atoms with van der Waals surface area (Å²) in [6.07, 6.45) is 14.7. The van der Waals surface area contributed by atoms with Gasteiger partial charge in [-0.15, -0.1) is 0 Å². The van der Waals surface area contributed by atoms with Gasteiger partial charge in [-0.1, -0.05) is 32.1 Å². The van der Waals surface area contributed by atoms with Crippen molar-refractivity contribution in [1.29, 1.82) is 0 Å². The van der Waals surface area contributed by atoms with Crippen molar-refractivity contribution in [3.8, 4) is 0 Å². The fourth-order valence-corrected chi connectivity index (χ4v) is 4.69. The molecule has 2 fully saturated rings. The number of carbonyl (C=O) groups excluding carboxylic acids is 1. The highest BCUT2D eigenvalue weighted by atomic mass is 16.2. The number of fused-ring (bicyclic) bond motifs is 1. The molecule has 3 heterocycles. The lowest BCUT2D eigenvalue weighted by molar-refractivity contribution is -0.132. The molecule has 1 saturated carbocycles. The summed E-state index contributed by atoms with van der Waals surface area (Å²) in [4.78, 5) is 22.5. The Balaban J connectivity index is 1.29. The number of carbonyl (C=O) groups is 1. The third kappa shape index (κ3) is 3.73. The predicted octanol–water partition coefficient (Wildman–Crippen LogP) is 4.63. The Hall–Kier alpha value is -1.84. The largest absolute Gasteiger partial charge is 0.360 e. The van der Waals surface area contributed by atoms with Crippen LogP contribution in [0.4, 0.5) is 0 Å². The van der Waals surface area contributed by atoms with Gasteiger partial charge >= 0.3 is 0 Å². The van der Waals surface area contributed by atoms with Gasteiger partial charge in [0.1, 0.15) is 0 Å². The van der Waals surface area contributed by atoms with Gasteiger partial charge in [-0.2, -0.15) is 0 Å². The van der Waals surface area contributed by atoms with Crippen LogP contribution in [0.3, 0.4) is 0 Å². The Labute approximate surface area is 150 Å². The molecule has 2 aliphatic rings. The number of pyridine rings is 1. The van der Waals surface area contributed by atoms with Gasteiger partial charge in [0.2, 0.25) is 5.91 Å². The van der Waals surface area contributed by atoms with Crippen LogP contribution >= 0.6 is 0 Å². The van der Waals surface area contributed by atoms with Crippen LogP contribution in [0.2, 0.25) is 0 Å². The molecule has 4 rings (SSSR count). The van der Waals surface area contributed by atoms with Crippen LogP contribution in [0, 0.1) is 5.92 Å². The van der Waals surface area contributed by atoms with Gasteiger partial charge in [-0.05, 0) is 48.8 Å². The number of aromatic nitrogens is 2. The van der Waals surface area contributed by atoms with E-state index in [1.165, 1.54) is 37.7 Å². The molecule has 2 aromatic rings. The average molecular weight is 339 g/mol. The Morgan fingerprint density at radius 3 is 2.76 bits per heavy atom. The van der Waals surface area contributed by atoms with E-state index < -0.39 is 0 Å². The van der Waals surface area contributed by atoms with Crippen LogP contribution < -0.4 is 0 Å². The fraction of sp³-hybridized carbons (Fsp3) is 0.619. The van der Waals surface area contributed by atoms with Gasteiger partial charge in [0.15, 0.2) is 0 Å². The van der Waals surface area contributed by atoms with E-state index in [1.54, 1.807) is 0 Å². The second-order valence-electron chi connectivity index (χ2n) is 7.84. The molecule has 0 atom stereocenters. The molecule has 2 aromatic heterocycles. The SMILES string of the molecule is O=C(CCC1CCCCC1)N1CCC(c2c[nH]c3cccnc23)CC1. The third-order valence-corrected chi connectivity index (χ3v) is 6.24. The van der Waals surface area contributed by atoms with Crippen molar-refractivity contribution in [2.24, 2.45) is 5.92 Å². The van der Waals surface area contributed by atoms with Crippen molar-refractivity contribution >= 4 is 16.9 Å². The van der Waals surface area contributed by atoms with E-state index in [4.69, 9.17) is 0 Å². The minimum Gasteiger partial charge on any atom is -0.360 e. The first-order valence-electron chi connectivity index (χ1n) is 10.0. The molecule has 4 heteroatoms. The van der Waals surface area contributed by atoms with E-state index >= 15 is 0 Å². The van der Waals surface area contributed by atoms with Crippen molar-refractivity contribution in [3.63, 3.8) is 0 Å². The lowest BCUT2D eigenvalue weighted by Crippen LogP contribution is -2.38. The number of amides is 1. The number of hydrogen-bond acceptors (Lipinski definition) is 2. The van der Waals surface area contributed by atoms with Gasteiger partial charge in [0.05, 0.1) is 11.0 Å². The second kappa shape index (κ2) is 7.59. The molecule has 0 radical (unpaired) electrons. The van der Waals surface area contributed by atoms with E-state index in [2.05, 4.69) is 27.1 Å². The lowest BCUT2D eigenvalue weighted by Gasteiger charge is -2.32. The van der Waals surface area contributed by atoms with Gasteiger partial charge < -0.3 is 9.88 Å². The van der Waals surface area contributed by atoms with Gasteiger partial charge in [0.25, 0.3) is 0 Å². The molecule has 0 unspecified atom stereocenters. The summed E-state index contributed by atoms with van der Waals surface area (Å²) in [6, 6.07) is 4.05. The summed E-state index contributed by atoms with van der Waals surface area (Å²) in [5, 5.41) is 0. The number of H-pyrrole nitrogens is 1. The molecule has 1 aliphatic heterocycles. The van der Waals surface area contributed by atoms with E-state index in [9.17, 15) is 4.79 Å². The zero-order valence-corrected chi connectivity index (χ0v) is 15.0. The monoisotopic (exact) mass is 339 g/mol. The maximum Gasteiger partial charge on any atom is 0.222 e. The standard InChI is InChI=1S/C21H29N3O/c25-20(9-8-16-5-2-1-3-6-16)24-13-10-17(11-14-24)18-15-23-19-7-4-12-22-21(18)19/h4,7,12,15-17,23H,1-3,5-6,8-11,13-14H2. The molecule has 25 heavy (non-hydrogen) atoms. The van der Waals surface area contributed by atoms with Crippen molar-refractivity contribution in [2.75, 3.05) is 13.1 Å². The van der Waals surface area contributed by atoms with Crippen LogP contribution in [0.5, 0.6) is 0 Å². The average Bonchev–Trinajstić information content (AvgIpc) is 3.11. The van der Waals surface area contributed by atoms with Crippen molar-refractivity contribution in [2.45, 2.75) is 63.7 Å². The number of nitrogens with one attached hydrogen (secondary N) is 1. The van der Waals surface area contributed by atoms with E-state index in [1.807, 2.05) is 12.3 Å². The number of rotatable bonds is 4. The third-order valence-electron chi connectivity index (χ3n) is 6.24. The highest BCUT2D eigenvalue weighted by molar-refractivity contribution is 5.79. The van der Waals surface area contributed by atoms with Crippen molar-refractivity contribution in [1.82, 2.24) is 14.9 Å².